The number of cyclic esters (lactones) is 2. The highest BCUT2D eigenvalue weighted by Gasteiger charge is 2.53. The number of benzene rings is 2. The van der Waals surface area contributed by atoms with Crippen LogP contribution < -0.4 is 5.32 Å². The Bertz CT molecular complexity index is 823. The minimum Gasteiger partial charge on any atom is -0.422 e. The van der Waals surface area contributed by atoms with Crippen molar-refractivity contribution in [2.24, 2.45) is 5.41 Å². The number of rotatable bonds is 6. The highest BCUT2D eigenvalue weighted by Crippen LogP contribution is 2.36. The topological polar surface area (TPSA) is 64.6 Å². The van der Waals surface area contributed by atoms with Crippen molar-refractivity contribution in [1.82, 2.24) is 5.32 Å². The van der Waals surface area contributed by atoms with Gasteiger partial charge in [0.1, 0.15) is 0 Å². The fourth-order valence-electron chi connectivity index (χ4n) is 3.46. The number of ether oxygens (including phenoxy) is 2. The SMILES string of the molecule is CN[C@H](Cc1ccc(-c2ccccc2)cc1)CC1(C)C(=O)OC(C)(C)OC1=O. The van der Waals surface area contributed by atoms with E-state index in [1.165, 1.54) is 5.56 Å². The van der Waals surface area contributed by atoms with Crippen LogP contribution in [0, 0.1) is 5.41 Å². The fraction of sp³-hybridized carbons (Fsp3) is 0.391. The molecule has 5 heteroatoms. The van der Waals surface area contributed by atoms with Crippen LogP contribution in [0.2, 0.25) is 0 Å². The lowest BCUT2D eigenvalue weighted by atomic mass is 9.81. The van der Waals surface area contributed by atoms with Crippen molar-refractivity contribution in [2.45, 2.75) is 45.4 Å². The maximum Gasteiger partial charge on any atom is 0.326 e. The smallest absolute Gasteiger partial charge is 0.326 e. The first kappa shape index (κ1) is 20.1. The molecule has 0 spiro atoms. The number of esters is 2. The number of carbonyl (C=O) groups is 2. The monoisotopic (exact) mass is 381 g/mol. The molecule has 0 amide bonds. The van der Waals surface area contributed by atoms with Crippen LogP contribution in [0.15, 0.2) is 54.6 Å². The van der Waals surface area contributed by atoms with E-state index >= 15 is 0 Å². The summed E-state index contributed by atoms with van der Waals surface area (Å²) in [4.78, 5) is 25.0. The van der Waals surface area contributed by atoms with Gasteiger partial charge in [-0.3, -0.25) is 9.59 Å². The lowest BCUT2D eigenvalue weighted by Crippen LogP contribution is -2.54. The molecule has 5 nitrogen and oxygen atoms in total. The van der Waals surface area contributed by atoms with E-state index in [0.717, 1.165) is 11.1 Å². The molecule has 0 bridgehead atoms. The zero-order valence-electron chi connectivity index (χ0n) is 16.8. The summed E-state index contributed by atoms with van der Waals surface area (Å²) in [6.45, 7) is 4.72. The van der Waals surface area contributed by atoms with Crippen LogP contribution in [0.3, 0.4) is 0 Å². The van der Waals surface area contributed by atoms with Crippen molar-refractivity contribution >= 4 is 11.9 Å². The van der Waals surface area contributed by atoms with Gasteiger partial charge in [0.2, 0.25) is 0 Å². The molecule has 0 saturated carbocycles. The molecule has 1 N–H and O–H groups in total. The molecule has 148 valence electrons. The summed E-state index contributed by atoms with van der Waals surface area (Å²) in [6.07, 6.45) is 0.989. The van der Waals surface area contributed by atoms with Gasteiger partial charge in [0.15, 0.2) is 5.41 Å². The average Bonchev–Trinajstić information content (AvgIpc) is 2.66. The van der Waals surface area contributed by atoms with E-state index in [-0.39, 0.29) is 6.04 Å². The van der Waals surface area contributed by atoms with Gasteiger partial charge in [0.05, 0.1) is 0 Å². The number of nitrogens with one attached hydrogen (secondary N) is 1. The summed E-state index contributed by atoms with van der Waals surface area (Å²) in [6, 6.07) is 18.4. The number of hydrogen-bond acceptors (Lipinski definition) is 5. The Labute approximate surface area is 166 Å². The average molecular weight is 381 g/mol. The van der Waals surface area contributed by atoms with E-state index in [1.807, 2.05) is 25.2 Å². The van der Waals surface area contributed by atoms with Gasteiger partial charge in [-0.05, 0) is 43.5 Å². The van der Waals surface area contributed by atoms with Crippen molar-refractivity contribution < 1.29 is 19.1 Å². The van der Waals surface area contributed by atoms with E-state index in [2.05, 4.69) is 41.7 Å². The van der Waals surface area contributed by atoms with Gasteiger partial charge >= 0.3 is 11.9 Å². The lowest BCUT2D eigenvalue weighted by molar-refractivity contribution is -0.250. The highest BCUT2D eigenvalue weighted by molar-refractivity contribution is 6.01. The Hall–Kier alpha value is -2.66. The standard InChI is InChI=1S/C23H27NO4/c1-22(2)27-20(25)23(3,21(26)28-22)15-19(24-4)14-16-10-12-18(13-11-16)17-8-6-5-7-9-17/h5-13,19,24H,14-15H2,1-4H3/t19-/m1/s1. The molecule has 0 radical (unpaired) electrons. The largest absolute Gasteiger partial charge is 0.422 e. The number of hydrogen-bond donors (Lipinski definition) is 1. The third kappa shape index (κ3) is 4.25. The van der Waals surface area contributed by atoms with Crippen LogP contribution >= 0.6 is 0 Å². The Morgan fingerprint density at radius 1 is 0.857 bits per heavy atom. The maximum atomic E-state index is 12.5. The maximum absolute atomic E-state index is 12.5. The molecule has 2 aromatic rings. The van der Waals surface area contributed by atoms with Gasteiger partial charge in [-0.25, -0.2) is 0 Å². The molecule has 3 rings (SSSR count). The van der Waals surface area contributed by atoms with E-state index in [1.54, 1.807) is 20.8 Å². The van der Waals surface area contributed by atoms with Crippen LogP contribution in [-0.4, -0.2) is 30.8 Å². The van der Waals surface area contributed by atoms with E-state index in [9.17, 15) is 9.59 Å². The molecule has 1 heterocycles. The van der Waals surface area contributed by atoms with Crippen LogP contribution in [0.5, 0.6) is 0 Å². The van der Waals surface area contributed by atoms with Crippen LogP contribution in [0.25, 0.3) is 11.1 Å². The molecular weight excluding hydrogens is 354 g/mol. The molecule has 0 aromatic heterocycles. The third-order valence-electron chi connectivity index (χ3n) is 5.18. The minimum absolute atomic E-state index is 0.0751. The first-order valence-electron chi connectivity index (χ1n) is 9.52. The first-order valence-corrected chi connectivity index (χ1v) is 9.52. The Morgan fingerprint density at radius 2 is 1.39 bits per heavy atom. The van der Waals surface area contributed by atoms with Gasteiger partial charge in [-0.15, -0.1) is 0 Å². The van der Waals surface area contributed by atoms with Crippen LogP contribution in [0.1, 0.15) is 32.8 Å². The molecular formula is C23H27NO4. The zero-order chi connectivity index (χ0) is 20.4. The quantitative estimate of drug-likeness (QED) is 0.610. The molecule has 0 unspecified atom stereocenters. The minimum atomic E-state index is -1.31. The normalized spacial score (nSPS) is 18.9. The summed E-state index contributed by atoms with van der Waals surface area (Å²) >= 11 is 0. The van der Waals surface area contributed by atoms with Crippen molar-refractivity contribution in [3.05, 3.63) is 60.2 Å². The van der Waals surface area contributed by atoms with E-state index in [0.29, 0.717) is 12.8 Å². The first-order chi connectivity index (χ1) is 13.2. The summed E-state index contributed by atoms with van der Waals surface area (Å²) in [5.41, 5.74) is 2.13. The summed E-state index contributed by atoms with van der Waals surface area (Å²) < 4.78 is 10.6. The van der Waals surface area contributed by atoms with Gasteiger partial charge in [-0.2, -0.15) is 0 Å². The predicted molar refractivity (Wildman–Crippen MR) is 107 cm³/mol. The molecule has 1 aliphatic heterocycles. The second-order valence-corrected chi connectivity index (χ2v) is 7.97. The second kappa shape index (κ2) is 7.76. The molecule has 1 fully saturated rings. The Morgan fingerprint density at radius 3 is 1.93 bits per heavy atom. The second-order valence-electron chi connectivity index (χ2n) is 7.97. The Kier molecular flexibility index (Phi) is 5.57. The number of carbonyl (C=O) groups excluding carboxylic acids is 2. The fourth-order valence-corrected chi connectivity index (χ4v) is 3.46. The Balaban J connectivity index is 1.71. The molecule has 2 aromatic carbocycles. The molecule has 1 aliphatic rings. The van der Waals surface area contributed by atoms with Crippen molar-refractivity contribution in [3.63, 3.8) is 0 Å². The van der Waals surface area contributed by atoms with E-state index < -0.39 is 23.1 Å². The van der Waals surface area contributed by atoms with Gasteiger partial charge in [-0.1, -0.05) is 54.6 Å². The van der Waals surface area contributed by atoms with Crippen molar-refractivity contribution in [1.29, 1.82) is 0 Å². The van der Waals surface area contributed by atoms with Crippen molar-refractivity contribution in [2.75, 3.05) is 7.05 Å². The molecule has 0 aliphatic carbocycles. The molecule has 28 heavy (non-hydrogen) atoms. The van der Waals surface area contributed by atoms with Crippen molar-refractivity contribution in [3.8, 4) is 11.1 Å². The van der Waals surface area contributed by atoms with Crippen LogP contribution in [-0.2, 0) is 25.5 Å². The molecule has 1 saturated heterocycles. The van der Waals surface area contributed by atoms with Crippen LogP contribution in [0.4, 0.5) is 0 Å². The predicted octanol–water partition coefficient (Wildman–Crippen LogP) is 3.72. The zero-order valence-corrected chi connectivity index (χ0v) is 16.8. The van der Waals surface area contributed by atoms with Gasteiger partial charge in [0.25, 0.3) is 5.79 Å². The molecule has 1 atom stereocenters. The highest BCUT2D eigenvalue weighted by atomic mass is 16.7. The summed E-state index contributed by atoms with van der Waals surface area (Å²) in [5.74, 6) is -2.28. The summed E-state index contributed by atoms with van der Waals surface area (Å²) in [5, 5.41) is 3.22. The van der Waals surface area contributed by atoms with Gasteiger partial charge < -0.3 is 14.8 Å². The summed E-state index contributed by atoms with van der Waals surface area (Å²) in [7, 11) is 1.83. The van der Waals surface area contributed by atoms with Gasteiger partial charge in [0, 0.05) is 19.9 Å². The van der Waals surface area contributed by atoms with E-state index in [4.69, 9.17) is 9.47 Å². The number of likely N-dealkylation sites (N-methyl/N-ethyl adjacent to an activating group) is 1. The lowest BCUT2D eigenvalue weighted by Gasteiger charge is -2.39. The third-order valence-corrected chi connectivity index (χ3v) is 5.18.